The topological polar surface area (TPSA) is 12.9 Å². The normalized spacial score (nSPS) is 10.9. The molecule has 0 aliphatic carbocycles. The number of rotatable bonds is 1. The van der Waals surface area contributed by atoms with Crippen LogP contribution in [0.1, 0.15) is 0 Å². The van der Waals surface area contributed by atoms with Crippen LogP contribution in [0.4, 0.5) is 0 Å². The zero-order chi connectivity index (χ0) is 11.8. The third-order valence-corrected chi connectivity index (χ3v) is 4.29. The third kappa shape index (κ3) is 1.99. The highest BCUT2D eigenvalue weighted by atomic mass is 79.9. The van der Waals surface area contributed by atoms with Crippen LogP contribution in [0.15, 0.2) is 45.7 Å². The van der Waals surface area contributed by atoms with Crippen molar-refractivity contribution < 1.29 is 0 Å². The Morgan fingerprint density at radius 3 is 2.59 bits per heavy atom. The van der Waals surface area contributed by atoms with Gasteiger partial charge in [-0.05, 0) is 27.4 Å². The van der Waals surface area contributed by atoms with Crippen molar-refractivity contribution in [3.8, 4) is 11.3 Å². The highest BCUT2D eigenvalue weighted by Gasteiger charge is 2.09. The summed E-state index contributed by atoms with van der Waals surface area (Å²) in [6, 6.07) is 12.1. The van der Waals surface area contributed by atoms with Gasteiger partial charge in [-0.25, -0.2) is 4.98 Å². The average Bonchev–Trinajstić information content (AvgIpc) is 2.75. The van der Waals surface area contributed by atoms with Crippen LogP contribution in [0.25, 0.3) is 22.0 Å². The Bertz CT molecular complexity index is 687. The van der Waals surface area contributed by atoms with Gasteiger partial charge in [0.2, 0.25) is 0 Å². The fourth-order valence-corrected chi connectivity index (χ4v) is 3.18. The minimum atomic E-state index is 0.766. The van der Waals surface area contributed by atoms with E-state index in [2.05, 4.69) is 39.1 Å². The molecule has 3 rings (SSSR count). The van der Waals surface area contributed by atoms with E-state index in [-0.39, 0.29) is 0 Å². The zero-order valence-electron chi connectivity index (χ0n) is 8.65. The molecule has 0 radical (unpaired) electrons. The van der Waals surface area contributed by atoms with E-state index < -0.39 is 0 Å². The van der Waals surface area contributed by atoms with Gasteiger partial charge in [-0.15, -0.1) is 11.3 Å². The molecule has 1 heterocycles. The number of halogens is 2. The molecule has 1 nitrogen and oxygen atoms in total. The fraction of sp³-hybridized carbons (Fsp3) is 0. The van der Waals surface area contributed by atoms with Crippen LogP contribution < -0.4 is 0 Å². The Kier molecular flexibility index (Phi) is 2.90. The van der Waals surface area contributed by atoms with Crippen LogP contribution >= 0.6 is 38.9 Å². The molecule has 0 aliphatic heterocycles. The summed E-state index contributed by atoms with van der Waals surface area (Å²) in [6.07, 6.45) is 0. The Balaban J connectivity index is 2.37. The Labute approximate surface area is 116 Å². The van der Waals surface area contributed by atoms with Gasteiger partial charge in [0.15, 0.2) is 3.92 Å². The van der Waals surface area contributed by atoms with E-state index in [0.717, 1.165) is 31.0 Å². The van der Waals surface area contributed by atoms with Crippen LogP contribution in [-0.2, 0) is 0 Å². The smallest absolute Gasteiger partial charge is 0.159 e. The predicted octanol–water partition coefficient (Wildman–Crippen LogP) is 5.38. The average molecular weight is 325 g/mol. The van der Waals surface area contributed by atoms with Gasteiger partial charge in [0.1, 0.15) is 0 Å². The first-order valence-corrected chi connectivity index (χ1v) is 7.09. The third-order valence-electron chi connectivity index (χ3n) is 2.61. The monoisotopic (exact) mass is 323 g/mol. The lowest BCUT2D eigenvalue weighted by Gasteiger charge is -2.05. The van der Waals surface area contributed by atoms with Gasteiger partial charge >= 0.3 is 0 Å². The number of hydrogen-bond acceptors (Lipinski definition) is 2. The first-order chi connectivity index (χ1) is 8.25. The summed E-state index contributed by atoms with van der Waals surface area (Å²) in [5.41, 5.74) is 2.04. The molecule has 2 aromatic carbocycles. The van der Waals surface area contributed by atoms with Gasteiger partial charge in [0.25, 0.3) is 0 Å². The van der Waals surface area contributed by atoms with Gasteiger partial charge in [-0.1, -0.05) is 41.9 Å². The maximum atomic E-state index is 6.28. The van der Waals surface area contributed by atoms with E-state index in [1.54, 1.807) is 11.3 Å². The first kappa shape index (κ1) is 11.2. The Morgan fingerprint density at radius 1 is 1.12 bits per heavy atom. The van der Waals surface area contributed by atoms with Gasteiger partial charge in [0, 0.05) is 21.4 Å². The lowest BCUT2D eigenvalue weighted by atomic mass is 10.0. The minimum Gasteiger partial charge on any atom is -0.229 e. The second kappa shape index (κ2) is 4.41. The molecule has 0 spiro atoms. The quantitative estimate of drug-likeness (QED) is 0.585. The Hall–Kier alpha value is -0.900. The molecule has 0 bridgehead atoms. The van der Waals surface area contributed by atoms with Crippen LogP contribution in [-0.4, -0.2) is 4.98 Å². The van der Waals surface area contributed by atoms with Crippen molar-refractivity contribution in [2.45, 2.75) is 0 Å². The lowest BCUT2D eigenvalue weighted by Crippen LogP contribution is -1.82. The van der Waals surface area contributed by atoms with E-state index in [4.69, 9.17) is 11.6 Å². The summed E-state index contributed by atoms with van der Waals surface area (Å²) in [4.78, 5) is 4.45. The van der Waals surface area contributed by atoms with Crippen molar-refractivity contribution in [1.29, 1.82) is 0 Å². The summed E-state index contributed by atoms with van der Waals surface area (Å²) in [5, 5.41) is 5.00. The van der Waals surface area contributed by atoms with Crippen LogP contribution in [0, 0.1) is 0 Å². The molecular weight excluding hydrogens is 318 g/mol. The number of thiazole rings is 1. The summed E-state index contributed by atoms with van der Waals surface area (Å²) >= 11 is 11.2. The van der Waals surface area contributed by atoms with Crippen molar-refractivity contribution in [3.05, 3.63) is 50.7 Å². The minimum absolute atomic E-state index is 0.766. The van der Waals surface area contributed by atoms with Gasteiger partial charge in [-0.2, -0.15) is 0 Å². The molecule has 0 fully saturated rings. The van der Waals surface area contributed by atoms with Crippen molar-refractivity contribution in [2.75, 3.05) is 0 Å². The maximum absolute atomic E-state index is 6.28. The van der Waals surface area contributed by atoms with Crippen LogP contribution in [0.3, 0.4) is 0 Å². The van der Waals surface area contributed by atoms with Gasteiger partial charge in [0.05, 0.1) is 5.69 Å². The molecule has 4 heteroatoms. The SMILES string of the molecule is Clc1cccc2cccc(-c3csc(Br)n3)c12. The van der Waals surface area contributed by atoms with E-state index in [1.807, 2.05) is 23.6 Å². The molecule has 0 aliphatic rings. The van der Waals surface area contributed by atoms with Crippen molar-refractivity contribution in [2.24, 2.45) is 0 Å². The number of nitrogens with zero attached hydrogens (tertiary/aromatic N) is 1. The van der Waals surface area contributed by atoms with E-state index >= 15 is 0 Å². The van der Waals surface area contributed by atoms with E-state index in [9.17, 15) is 0 Å². The fourth-order valence-electron chi connectivity index (χ4n) is 1.88. The van der Waals surface area contributed by atoms with Crippen LogP contribution in [0.2, 0.25) is 5.02 Å². The van der Waals surface area contributed by atoms with E-state index in [1.165, 1.54) is 0 Å². The number of hydrogen-bond donors (Lipinski definition) is 0. The second-order valence-corrected chi connectivity index (χ2v) is 6.17. The first-order valence-electron chi connectivity index (χ1n) is 5.04. The summed E-state index contributed by atoms with van der Waals surface area (Å²) < 4.78 is 0.886. The van der Waals surface area contributed by atoms with Gasteiger partial charge in [-0.3, -0.25) is 0 Å². The maximum Gasteiger partial charge on any atom is 0.159 e. The molecule has 0 atom stereocenters. The van der Waals surface area contributed by atoms with Crippen LogP contribution in [0.5, 0.6) is 0 Å². The molecule has 0 saturated heterocycles. The molecule has 17 heavy (non-hydrogen) atoms. The van der Waals surface area contributed by atoms with Crippen molar-refractivity contribution in [3.63, 3.8) is 0 Å². The molecule has 0 unspecified atom stereocenters. The lowest BCUT2D eigenvalue weighted by molar-refractivity contribution is 1.38. The molecule has 0 saturated carbocycles. The highest BCUT2D eigenvalue weighted by molar-refractivity contribution is 9.11. The molecule has 0 amide bonds. The highest BCUT2D eigenvalue weighted by Crippen LogP contribution is 2.34. The number of benzene rings is 2. The number of fused-ring (bicyclic) bond motifs is 1. The zero-order valence-corrected chi connectivity index (χ0v) is 11.8. The van der Waals surface area contributed by atoms with E-state index in [0.29, 0.717) is 0 Å². The largest absolute Gasteiger partial charge is 0.229 e. The summed E-state index contributed by atoms with van der Waals surface area (Å²) in [7, 11) is 0. The molecular formula is C13H7BrClNS. The standard InChI is InChI=1S/C13H7BrClNS/c14-13-16-11(7-17-13)9-5-1-3-8-4-2-6-10(15)12(8)9/h1-7H. The number of aromatic nitrogens is 1. The molecule has 0 N–H and O–H groups in total. The molecule has 1 aromatic heterocycles. The van der Waals surface area contributed by atoms with Crippen molar-refractivity contribution in [1.82, 2.24) is 4.98 Å². The predicted molar refractivity (Wildman–Crippen MR) is 77.8 cm³/mol. The summed E-state index contributed by atoms with van der Waals surface area (Å²) in [5.74, 6) is 0. The Morgan fingerprint density at radius 2 is 1.88 bits per heavy atom. The van der Waals surface area contributed by atoms with Crippen molar-refractivity contribution >= 4 is 49.6 Å². The summed E-state index contributed by atoms with van der Waals surface area (Å²) in [6.45, 7) is 0. The molecule has 3 aromatic rings. The van der Waals surface area contributed by atoms with Gasteiger partial charge < -0.3 is 0 Å². The second-order valence-electron chi connectivity index (χ2n) is 3.63. The molecule has 84 valence electrons.